The standard InChI is InChI=1S/C30H34N2O7/c1-17(33)32-22-10-8-19-14-27(37-4)29(38-5)30(39-6)28(19)20-9-11-23(24(34)15-21(20)22)31-16-18-7-12-25(35-2)26(13-18)36-3/h7,9,11-15,22H,8,10,16H2,1-6H3,(H,31,34)(H,32,33)/t22-/m1/s1. The van der Waals surface area contributed by atoms with Gasteiger partial charge in [0.1, 0.15) is 0 Å². The van der Waals surface area contributed by atoms with Crippen LogP contribution in [0.3, 0.4) is 0 Å². The quantitative estimate of drug-likeness (QED) is 0.414. The zero-order chi connectivity index (χ0) is 28.1. The first-order chi connectivity index (χ1) is 18.8. The highest BCUT2D eigenvalue weighted by molar-refractivity contribution is 5.83. The van der Waals surface area contributed by atoms with Gasteiger partial charge in [-0.2, -0.15) is 0 Å². The molecule has 0 unspecified atom stereocenters. The number of benzene rings is 2. The highest BCUT2D eigenvalue weighted by atomic mass is 16.5. The molecule has 1 amide bonds. The van der Waals surface area contributed by atoms with Crippen LogP contribution in [0, 0.1) is 0 Å². The summed E-state index contributed by atoms with van der Waals surface area (Å²) in [6.45, 7) is 1.87. The van der Waals surface area contributed by atoms with Gasteiger partial charge in [0.15, 0.2) is 23.0 Å². The Kier molecular flexibility index (Phi) is 8.49. The lowest BCUT2D eigenvalue weighted by Gasteiger charge is -2.19. The van der Waals surface area contributed by atoms with Crippen LogP contribution < -0.4 is 39.7 Å². The molecule has 0 aromatic heterocycles. The summed E-state index contributed by atoms with van der Waals surface area (Å²) in [5.41, 5.74) is 4.39. The summed E-state index contributed by atoms with van der Waals surface area (Å²) in [7, 11) is 7.87. The van der Waals surface area contributed by atoms with Crippen molar-refractivity contribution < 1.29 is 28.5 Å². The number of hydrogen-bond acceptors (Lipinski definition) is 8. The Bertz CT molecular complexity index is 1440. The van der Waals surface area contributed by atoms with Gasteiger partial charge in [-0.15, -0.1) is 0 Å². The van der Waals surface area contributed by atoms with Crippen LogP contribution in [0.15, 0.2) is 47.3 Å². The number of rotatable bonds is 9. The zero-order valence-electron chi connectivity index (χ0n) is 23.1. The maximum Gasteiger partial charge on any atom is 0.217 e. The number of amides is 1. The molecule has 0 spiro atoms. The highest BCUT2D eigenvalue weighted by Crippen LogP contribution is 2.50. The largest absolute Gasteiger partial charge is 0.493 e. The number of anilines is 1. The van der Waals surface area contributed by atoms with Gasteiger partial charge >= 0.3 is 0 Å². The topological polar surface area (TPSA) is 104 Å². The fourth-order valence-electron chi connectivity index (χ4n) is 5.04. The van der Waals surface area contributed by atoms with Crippen molar-refractivity contribution in [2.75, 3.05) is 40.9 Å². The number of aryl methyl sites for hydroxylation is 1. The van der Waals surface area contributed by atoms with Crippen molar-refractivity contribution in [2.45, 2.75) is 32.4 Å². The Morgan fingerprint density at radius 2 is 1.56 bits per heavy atom. The molecule has 9 nitrogen and oxygen atoms in total. The Hall–Kier alpha value is -4.40. The Morgan fingerprint density at radius 3 is 2.21 bits per heavy atom. The molecular formula is C30H34N2O7. The minimum absolute atomic E-state index is 0.176. The molecule has 3 aromatic carbocycles. The third-order valence-corrected chi connectivity index (χ3v) is 6.85. The van der Waals surface area contributed by atoms with Gasteiger partial charge in [-0.05, 0) is 65.4 Å². The molecule has 9 heteroatoms. The molecule has 0 saturated carbocycles. The van der Waals surface area contributed by atoms with E-state index in [1.54, 1.807) is 47.7 Å². The van der Waals surface area contributed by atoms with E-state index in [1.165, 1.54) is 6.92 Å². The average Bonchev–Trinajstić information content (AvgIpc) is 3.18. The van der Waals surface area contributed by atoms with Gasteiger partial charge in [-0.1, -0.05) is 12.1 Å². The van der Waals surface area contributed by atoms with Crippen LogP contribution in [0.25, 0.3) is 11.1 Å². The summed E-state index contributed by atoms with van der Waals surface area (Å²) in [4.78, 5) is 25.6. The molecule has 1 aliphatic rings. The van der Waals surface area contributed by atoms with E-state index in [4.69, 9.17) is 23.7 Å². The first-order valence-electron chi connectivity index (χ1n) is 12.6. The Labute approximate surface area is 228 Å². The predicted molar refractivity (Wildman–Crippen MR) is 150 cm³/mol. The van der Waals surface area contributed by atoms with Crippen LogP contribution in [0.5, 0.6) is 28.7 Å². The van der Waals surface area contributed by atoms with E-state index >= 15 is 0 Å². The molecule has 0 fully saturated rings. The highest BCUT2D eigenvalue weighted by Gasteiger charge is 2.29. The molecule has 4 rings (SSSR count). The van der Waals surface area contributed by atoms with Crippen molar-refractivity contribution in [1.82, 2.24) is 5.32 Å². The van der Waals surface area contributed by atoms with Gasteiger partial charge in [0.25, 0.3) is 0 Å². The van der Waals surface area contributed by atoms with Gasteiger partial charge in [0, 0.05) is 19.0 Å². The van der Waals surface area contributed by atoms with Crippen molar-refractivity contribution in [1.29, 1.82) is 0 Å². The van der Waals surface area contributed by atoms with Gasteiger partial charge in [-0.25, -0.2) is 0 Å². The summed E-state index contributed by atoms with van der Waals surface area (Å²) in [5.74, 6) is 2.58. The van der Waals surface area contributed by atoms with Crippen LogP contribution in [0.1, 0.15) is 36.1 Å². The Morgan fingerprint density at radius 1 is 0.846 bits per heavy atom. The van der Waals surface area contributed by atoms with E-state index in [0.29, 0.717) is 59.4 Å². The van der Waals surface area contributed by atoms with Crippen molar-refractivity contribution in [3.8, 4) is 39.9 Å². The van der Waals surface area contributed by atoms with Crippen LogP contribution >= 0.6 is 0 Å². The minimum Gasteiger partial charge on any atom is -0.493 e. The monoisotopic (exact) mass is 534 g/mol. The van der Waals surface area contributed by atoms with E-state index in [-0.39, 0.29) is 17.4 Å². The number of hydrogen-bond donors (Lipinski definition) is 2. The first kappa shape index (κ1) is 27.6. The number of fused-ring (bicyclic) bond motifs is 3. The molecule has 39 heavy (non-hydrogen) atoms. The summed E-state index contributed by atoms with van der Waals surface area (Å²) in [6, 6.07) is 12.4. The summed E-state index contributed by atoms with van der Waals surface area (Å²) >= 11 is 0. The number of carbonyl (C=O) groups excluding carboxylic acids is 1. The number of carbonyl (C=O) groups is 1. The van der Waals surface area contributed by atoms with Gasteiger partial charge in [0.05, 0.1) is 47.3 Å². The third-order valence-electron chi connectivity index (χ3n) is 6.85. The zero-order valence-corrected chi connectivity index (χ0v) is 23.1. The van der Waals surface area contributed by atoms with E-state index in [1.807, 2.05) is 30.3 Å². The normalized spacial score (nSPS) is 13.7. The second-order valence-electron chi connectivity index (χ2n) is 9.14. The third kappa shape index (κ3) is 5.57. The molecule has 1 aliphatic carbocycles. The number of nitrogens with one attached hydrogen (secondary N) is 2. The second-order valence-corrected chi connectivity index (χ2v) is 9.14. The molecule has 2 N–H and O–H groups in total. The lowest BCUT2D eigenvalue weighted by atomic mass is 9.95. The maximum absolute atomic E-state index is 13.5. The smallest absolute Gasteiger partial charge is 0.217 e. The van der Waals surface area contributed by atoms with E-state index in [2.05, 4.69) is 10.6 Å². The number of ether oxygens (including phenoxy) is 5. The second kappa shape index (κ2) is 12.0. The summed E-state index contributed by atoms with van der Waals surface area (Å²) < 4.78 is 27.8. The predicted octanol–water partition coefficient (Wildman–Crippen LogP) is 4.49. The average molecular weight is 535 g/mol. The van der Waals surface area contributed by atoms with Crippen molar-refractivity contribution in [2.24, 2.45) is 0 Å². The van der Waals surface area contributed by atoms with E-state index < -0.39 is 0 Å². The fraction of sp³-hybridized carbons (Fsp3) is 0.333. The maximum atomic E-state index is 13.5. The summed E-state index contributed by atoms with van der Waals surface area (Å²) in [6.07, 6.45) is 1.23. The van der Waals surface area contributed by atoms with Gasteiger partial charge in [-0.3, -0.25) is 9.59 Å². The molecule has 0 bridgehead atoms. The number of methoxy groups -OCH3 is 5. The van der Waals surface area contributed by atoms with Crippen LogP contribution in [0.4, 0.5) is 5.69 Å². The summed E-state index contributed by atoms with van der Waals surface area (Å²) in [5, 5.41) is 6.28. The molecular weight excluding hydrogens is 500 g/mol. The molecule has 206 valence electrons. The fourth-order valence-corrected chi connectivity index (χ4v) is 5.04. The lowest BCUT2D eigenvalue weighted by molar-refractivity contribution is -0.119. The van der Waals surface area contributed by atoms with E-state index in [0.717, 1.165) is 22.3 Å². The molecule has 0 heterocycles. The molecule has 0 saturated heterocycles. The van der Waals surface area contributed by atoms with Crippen LogP contribution in [-0.4, -0.2) is 41.5 Å². The van der Waals surface area contributed by atoms with Crippen molar-refractivity contribution in [3.05, 3.63) is 69.4 Å². The molecule has 0 radical (unpaired) electrons. The minimum atomic E-state index is -0.370. The SMILES string of the molecule is COc1ccc(CNc2ccc3c(cc2=O)[C@H](NC(C)=O)CCc2cc(OC)c(OC)c(OC)c2-3)cc1OC. The van der Waals surface area contributed by atoms with Crippen LogP contribution in [0.2, 0.25) is 0 Å². The van der Waals surface area contributed by atoms with Crippen molar-refractivity contribution >= 4 is 11.6 Å². The van der Waals surface area contributed by atoms with Gasteiger partial charge < -0.3 is 34.3 Å². The first-order valence-corrected chi connectivity index (χ1v) is 12.6. The lowest BCUT2D eigenvalue weighted by Crippen LogP contribution is -2.26. The van der Waals surface area contributed by atoms with Crippen molar-refractivity contribution in [3.63, 3.8) is 0 Å². The van der Waals surface area contributed by atoms with E-state index in [9.17, 15) is 9.59 Å². The van der Waals surface area contributed by atoms with Crippen LogP contribution in [-0.2, 0) is 17.8 Å². The molecule has 3 aromatic rings. The molecule has 0 aliphatic heterocycles. The van der Waals surface area contributed by atoms with Gasteiger partial charge in [0.2, 0.25) is 17.1 Å². The molecule has 1 atom stereocenters. The Balaban J connectivity index is 1.84.